The minimum absolute atomic E-state index is 0.124. The van der Waals surface area contributed by atoms with Crippen molar-refractivity contribution < 1.29 is 19.7 Å². The fraction of sp³-hybridized carbons (Fsp3) is 0.286. The molecule has 2 aromatic carbocycles. The Morgan fingerprint density at radius 1 is 1.06 bits per heavy atom. The summed E-state index contributed by atoms with van der Waals surface area (Å²) in [5, 5.41) is 29.8. The van der Waals surface area contributed by atoms with Crippen molar-refractivity contribution >= 4 is 17.8 Å². The SMILES string of the molecule is N/C(=N/[N+](=O)[O-])NCCC[C@@H](NC(=O)Cc1ccccc1)C(=O)NCc1ccc(O)cc1. The van der Waals surface area contributed by atoms with E-state index in [1.807, 2.05) is 30.3 Å². The molecule has 11 nitrogen and oxygen atoms in total. The van der Waals surface area contributed by atoms with Crippen LogP contribution in [-0.4, -0.2) is 40.5 Å². The van der Waals surface area contributed by atoms with Gasteiger partial charge in [-0.15, -0.1) is 0 Å². The van der Waals surface area contributed by atoms with Crippen LogP contribution in [0.3, 0.4) is 0 Å². The minimum Gasteiger partial charge on any atom is -0.508 e. The number of hydrazone groups is 1. The average molecular weight is 442 g/mol. The molecule has 2 amide bonds. The number of carbonyl (C=O) groups is 2. The van der Waals surface area contributed by atoms with Gasteiger partial charge in [0.15, 0.2) is 5.03 Å². The highest BCUT2D eigenvalue weighted by atomic mass is 16.7. The van der Waals surface area contributed by atoms with Crippen LogP contribution in [0.15, 0.2) is 59.7 Å². The van der Waals surface area contributed by atoms with Crippen LogP contribution in [0.1, 0.15) is 24.0 Å². The summed E-state index contributed by atoms with van der Waals surface area (Å²) in [7, 11) is 0. The summed E-state index contributed by atoms with van der Waals surface area (Å²) < 4.78 is 0. The van der Waals surface area contributed by atoms with E-state index in [0.717, 1.165) is 11.1 Å². The predicted molar refractivity (Wildman–Crippen MR) is 118 cm³/mol. The lowest BCUT2D eigenvalue weighted by Crippen LogP contribution is -2.47. The molecule has 0 aliphatic heterocycles. The van der Waals surface area contributed by atoms with Crippen LogP contribution in [-0.2, 0) is 22.6 Å². The second-order valence-electron chi connectivity index (χ2n) is 6.96. The molecule has 0 spiro atoms. The Balaban J connectivity index is 1.93. The number of carbonyl (C=O) groups excluding carboxylic acids is 2. The summed E-state index contributed by atoms with van der Waals surface area (Å²) in [5.41, 5.74) is 6.98. The van der Waals surface area contributed by atoms with E-state index in [4.69, 9.17) is 5.73 Å². The van der Waals surface area contributed by atoms with E-state index < -0.39 is 11.1 Å². The molecule has 0 fully saturated rings. The van der Waals surface area contributed by atoms with Gasteiger partial charge in [-0.05, 0) is 36.1 Å². The first-order chi connectivity index (χ1) is 15.3. The number of phenolic OH excluding ortho intramolecular Hbond substituents is 1. The molecule has 0 radical (unpaired) electrons. The number of phenols is 1. The number of rotatable bonds is 11. The summed E-state index contributed by atoms with van der Waals surface area (Å²) in [6, 6.07) is 14.7. The number of hydrogen-bond acceptors (Lipinski definition) is 5. The fourth-order valence-electron chi connectivity index (χ4n) is 2.87. The van der Waals surface area contributed by atoms with E-state index in [1.54, 1.807) is 12.1 Å². The topological polar surface area (TPSA) is 172 Å². The maximum atomic E-state index is 12.7. The highest BCUT2D eigenvalue weighted by Crippen LogP contribution is 2.09. The lowest BCUT2D eigenvalue weighted by molar-refractivity contribution is -0.485. The van der Waals surface area contributed by atoms with Gasteiger partial charge >= 0.3 is 0 Å². The fourth-order valence-corrected chi connectivity index (χ4v) is 2.87. The van der Waals surface area contributed by atoms with Crippen molar-refractivity contribution in [2.45, 2.75) is 31.8 Å². The molecule has 32 heavy (non-hydrogen) atoms. The maximum absolute atomic E-state index is 12.7. The van der Waals surface area contributed by atoms with Crippen molar-refractivity contribution in [3.8, 4) is 5.75 Å². The number of nitrogens with two attached hydrogens (primary N) is 1. The zero-order valence-corrected chi connectivity index (χ0v) is 17.4. The second-order valence-corrected chi connectivity index (χ2v) is 6.96. The maximum Gasteiger partial charge on any atom is 0.266 e. The lowest BCUT2D eigenvalue weighted by atomic mass is 10.1. The second kappa shape index (κ2) is 12.5. The molecule has 2 rings (SSSR count). The van der Waals surface area contributed by atoms with Gasteiger partial charge in [0, 0.05) is 13.1 Å². The van der Waals surface area contributed by atoms with Crippen LogP contribution >= 0.6 is 0 Å². The number of nitro groups is 1. The summed E-state index contributed by atoms with van der Waals surface area (Å²) >= 11 is 0. The van der Waals surface area contributed by atoms with Crippen LogP contribution in [0.2, 0.25) is 0 Å². The summed E-state index contributed by atoms with van der Waals surface area (Å²) in [5.74, 6) is -0.884. The molecule has 170 valence electrons. The van der Waals surface area contributed by atoms with Crippen molar-refractivity contribution in [1.82, 2.24) is 16.0 Å². The Labute approximate surface area is 184 Å². The zero-order valence-electron chi connectivity index (χ0n) is 17.4. The number of hydrogen-bond donors (Lipinski definition) is 5. The Morgan fingerprint density at radius 3 is 2.41 bits per heavy atom. The predicted octanol–water partition coefficient (Wildman–Crippen LogP) is 0.612. The Kier molecular flexibility index (Phi) is 9.44. The van der Waals surface area contributed by atoms with Crippen molar-refractivity contribution in [2.75, 3.05) is 6.54 Å². The van der Waals surface area contributed by atoms with Crippen LogP contribution in [0.5, 0.6) is 5.75 Å². The van der Waals surface area contributed by atoms with Crippen LogP contribution in [0, 0.1) is 10.1 Å². The van der Waals surface area contributed by atoms with Gasteiger partial charge in [-0.3, -0.25) is 9.59 Å². The highest BCUT2D eigenvalue weighted by molar-refractivity contribution is 5.88. The summed E-state index contributed by atoms with van der Waals surface area (Å²) in [6.45, 7) is 0.463. The van der Waals surface area contributed by atoms with Crippen LogP contribution in [0.25, 0.3) is 0 Å². The molecular weight excluding hydrogens is 416 g/mol. The third-order valence-electron chi connectivity index (χ3n) is 4.43. The number of guanidine groups is 1. The molecule has 0 saturated heterocycles. The van der Waals surface area contributed by atoms with E-state index in [2.05, 4.69) is 21.1 Å². The zero-order chi connectivity index (χ0) is 23.3. The number of amides is 2. The van der Waals surface area contributed by atoms with E-state index in [9.17, 15) is 24.8 Å². The molecule has 11 heteroatoms. The van der Waals surface area contributed by atoms with Crippen molar-refractivity contribution in [3.05, 3.63) is 75.8 Å². The molecule has 0 heterocycles. The normalized spacial score (nSPS) is 11.9. The highest BCUT2D eigenvalue weighted by Gasteiger charge is 2.20. The smallest absolute Gasteiger partial charge is 0.266 e. The van der Waals surface area contributed by atoms with Crippen molar-refractivity contribution in [3.63, 3.8) is 0 Å². The first-order valence-corrected chi connectivity index (χ1v) is 9.94. The van der Waals surface area contributed by atoms with Gasteiger partial charge in [0.2, 0.25) is 11.8 Å². The number of benzene rings is 2. The molecule has 6 N–H and O–H groups in total. The van der Waals surface area contributed by atoms with Gasteiger partial charge in [-0.2, -0.15) is 0 Å². The third kappa shape index (κ3) is 9.11. The van der Waals surface area contributed by atoms with Gasteiger partial charge in [-0.1, -0.05) is 42.5 Å². The minimum atomic E-state index is -0.911. The van der Waals surface area contributed by atoms with Gasteiger partial charge in [0.25, 0.3) is 5.96 Å². The first-order valence-electron chi connectivity index (χ1n) is 9.94. The van der Waals surface area contributed by atoms with E-state index in [-0.39, 0.29) is 49.5 Å². The molecule has 0 bridgehead atoms. The molecule has 0 unspecified atom stereocenters. The molecule has 1 atom stereocenters. The molecule has 0 saturated carbocycles. The van der Waals surface area contributed by atoms with Gasteiger partial charge in [-0.25, -0.2) is 10.1 Å². The van der Waals surface area contributed by atoms with E-state index >= 15 is 0 Å². The van der Waals surface area contributed by atoms with Gasteiger partial charge in [0.1, 0.15) is 16.9 Å². The molecule has 0 aliphatic rings. The lowest BCUT2D eigenvalue weighted by Gasteiger charge is -2.19. The summed E-state index contributed by atoms with van der Waals surface area (Å²) in [6.07, 6.45) is 0.806. The first kappa shape index (κ1) is 24.1. The third-order valence-corrected chi connectivity index (χ3v) is 4.43. The Hall–Kier alpha value is -4.15. The molecular formula is C21H26N6O5. The van der Waals surface area contributed by atoms with E-state index in [1.165, 1.54) is 12.1 Å². The molecule has 0 aliphatic carbocycles. The van der Waals surface area contributed by atoms with Crippen molar-refractivity contribution in [2.24, 2.45) is 10.8 Å². The van der Waals surface area contributed by atoms with Crippen molar-refractivity contribution in [1.29, 1.82) is 0 Å². The Bertz CT molecular complexity index is 933. The van der Waals surface area contributed by atoms with Crippen LogP contribution in [0.4, 0.5) is 0 Å². The largest absolute Gasteiger partial charge is 0.508 e. The quantitative estimate of drug-likeness (QED) is 0.111. The Morgan fingerprint density at radius 2 is 1.75 bits per heavy atom. The van der Waals surface area contributed by atoms with Gasteiger partial charge in [0.05, 0.1) is 6.42 Å². The summed E-state index contributed by atoms with van der Waals surface area (Å²) in [4.78, 5) is 35.5. The molecule has 0 aromatic heterocycles. The average Bonchev–Trinajstić information content (AvgIpc) is 2.75. The number of aromatic hydroxyl groups is 1. The van der Waals surface area contributed by atoms with Crippen LogP contribution < -0.4 is 21.7 Å². The molecule has 2 aromatic rings. The van der Waals surface area contributed by atoms with Gasteiger partial charge < -0.3 is 26.8 Å². The van der Waals surface area contributed by atoms with E-state index in [0.29, 0.717) is 6.42 Å². The monoisotopic (exact) mass is 442 g/mol. The number of nitrogens with zero attached hydrogens (tertiary/aromatic N) is 2. The standard InChI is InChI=1S/C21H26N6O5/c22-21(26-27(31)32)23-12-4-7-18(25-19(29)13-15-5-2-1-3-6-15)20(30)24-14-16-8-10-17(28)11-9-16/h1-3,5-6,8-11,18,28H,4,7,12-14H2,(H,24,30)(H,25,29)(H3,22,23,26)/t18-/m1/s1. The number of nitrogens with one attached hydrogen (secondary N) is 3.